The summed E-state index contributed by atoms with van der Waals surface area (Å²) in [5.74, 6) is 0.786. The first-order valence-corrected chi connectivity index (χ1v) is 10.2. The van der Waals surface area contributed by atoms with Crippen LogP contribution in [0.1, 0.15) is 42.5 Å². The fourth-order valence-corrected chi connectivity index (χ4v) is 3.07. The minimum absolute atomic E-state index is 0. The van der Waals surface area contributed by atoms with Gasteiger partial charge in [0.25, 0.3) is 0 Å². The predicted molar refractivity (Wildman–Crippen MR) is 129 cm³/mol. The molecule has 1 fully saturated rings. The van der Waals surface area contributed by atoms with Gasteiger partial charge < -0.3 is 20.1 Å². The first-order chi connectivity index (χ1) is 14.5. The number of halogens is 3. The highest BCUT2D eigenvalue weighted by Crippen LogP contribution is 2.30. The summed E-state index contributed by atoms with van der Waals surface area (Å²) < 4.78 is 38.7. The molecule has 0 bridgehead atoms. The lowest BCUT2D eigenvalue weighted by atomic mass is 10.1. The number of aliphatic imine (C=N–C) groups is 1. The molecule has 2 aromatic rings. The van der Waals surface area contributed by atoms with Crippen LogP contribution in [0, 0.1) is 17.6 Å². The van der Waals surface area contributed by atoms with Crippen molar-refractivity contribution >= 4 is 29.9 Å². The molecule has 1 unspecified atom stereocenters. The van der Waals surface area contributed by atoms with Crippen LogP contribution >= 0.6 is 24.0 Å². The molecule has 0 saturated heterocycles. The molecule has 0 heterocycles. The molecule has 0 amide bonds. The molecule has 5 nitrogen and oxygen atoms in total. The summed E-state index contributed by atoms with van der Waals surface area (Å²) in [6.45, 7) is 3.19. The Balaban J connectivity index is 0.00000341. The largest absolute Gasteiger partial charge is 0.490 e. The summed E-state index contributed by atoms with van der Waals surface area (Å²) in [4.78, 5) is 4.22. The number of guanidine groups is 1. The number of hydrogen-bond acceptors (Lipinski definition) is 3. The average Bonchev–Trinajstić information content (AvgIpc) is 3.56. The van der Waals surface area contributed by atoms with Crippen molar-refractivity contribution in [1.82, 2.24) is 10.6 Å². The fourth-order valence-electron chi connectivity index (χ4n) is 3.07. The van der Waals surface area contributed by atoms with Crippen LogP contribution in [-0.2, 0) is 17.9 Å². The maximum atomic E-state index is 14.4. The minimum atomic E-state index is -0.360. The summed E-state index contributed by atoms with van der Waals surface area (Å²) in [6.07, 6.45) is 2.33. The van der Waals surface area contributed by atoms with Crippen molar-refractivity contribution in [1.29, 1.82) is 0 Å². The van der Waals surface area contributed by atoms with Crippen molar-refractivity contribution in [2.24, 2.45) is 10.9 Å². The van der Waals surface area contributed by atoms with Gasteiger partial charge in [-0.1, -0.05) is 12.1 Å². The van der Waals surface area contributed by atoms with Crippen molar-refractivity contribution in [3.05, 3.63) is 64.7 Å². The van der Waals surface area contributed by atoms with Crippen LogP contribution < -0.4 is 15.4 Å². The number of hydrogen-bond donors (Lipinski definition) is 2. The molecule has 2 aromatic carbocycles. The van der Waals surface area contributed by atoms with Gasteiger partial charge in [0.05, 0.1) is 19.3 Å². The zero-order chi connectivity index (χ0) is 21.5. The summed E-state index contributed by atoms with van der Waals surface area (Å²) in [5.41, 5.74) is 2.20. The van der Waals surface area contributed by atoms with E-state index in [9.17, 15) is 8.78 Å². The van der Waals surface area contributed by atoms with Gasteiger partial charge in [0, 0.05) is 26.3 Å². The summed E-state index contributed by atoms with van der Waals surface area (Å²) in [5, 5.41) is 6.44. The first kappa shape index (κ1) is 25.3. The maximum Gasteiger partial charge on any atom is 0.191 e. The van der Waals surface area contributed by atoms with Crippen molar-refractivity contribution in [3.8, 4) is 5.75 Å². The summed E-state index contributed by atoms with van der Waals surface area (Å²) >= 11 is 0. The van der Waals surface area contributed by atoms with Gasteiger partial charge in [-0.25, -0.2) is 8.78 Å². The Kier molecular flexibility index (Phi) is 9.95. The Morgan fingerprint density at radius 3 is 2.58 bits per heavy atom. The highest BCUT2D eigenvalue weighted by Gasteiger charge is 2.22. The monoisotopic (exact) mass is 545 g/mol. The van der Waals surface area contributed by atoms with Crippen molar-refractivity contribution in [2.45, 2.75) is 39.0 Å². The van der Waals surface area contributed by atoms with Crippen LogP contribution in [-0.4, -0.2) is 26.7 Å². The number of nitrogens with zero attached hydrogens (tertiary/aromatic N) is 1. The van der Waals surface area contributed by atoms with E-state index in [0.29, 0.717) is 36.3 Å². The van der Waals surface area contributed by atoms with E-state index in [1.165, 1.54) is 32.1 Å². The molecule has 1 saturated carbocycles. The van der Waals surface area contributed by atoms with Crippen LogP contribution in [0.3, 0.4) is 0 Å². The number of nitrogens with one attached hydrogen (secondary N) is 2. The smallest absolute Gasteiger partial charge is 0.191 e. The topological polar surface area (TPSA) is 54.9 Å². The lowest BCUT2D eigenvalue weighted by Crippen LogP contribution is -2.38. The van der Waals surface area contributed by atoms with Crippen LogP contribution in [0.25, 0.3) is 0 Å². The molecular formula is C23H30F2IN3O2. The third-order valence-electron chi connectivity index (χ3n) is 5.07. The third kappa shape index (κ3) is 7.60. The number of rotatable bonds is 9. The van der Waals surface area contributed by atoms with E-state index in [2.05, 4.69) is 15.6 Å². The van der Waals surface area contributed by atoms with Gasteiger partial charge in [0.15, 0.2) is 17.5 Å². The highest BCUT2D eigenvalue weighted by atomic mass is 127. The Labute approximate surface area is 199 Å². The normalized spacial score (nSPS) is 14.5. The fraction of sp³-hybridized carbons (Fsp3) is 0.435. The summed E-state index contributed by atoms with van der Waals surface area (Å²) in [6, 6.07) is 9.77. The minimum Gasteiger partial charge on any atom is -0.490 e. The lowest BCUT2D eigenvalue weighted by Gasteiger charge is -2.19. The first-order valence-electron chi connectivity index (χ1n) is 10.2. The van der Waals surface area contributed by atoms with E-state index < -0.39 is 0 Å². The van der Waals surface area contributed by atoms with E-state index in [-0.39, 0.29) is 48.3 Å². The zero-order valence-electron chi connectivity index (χ0n) is 18.1. The second-order valence-electron chi connectivity index (χ2n) is 7.59. The van der Waals surface area contributed by atoms with Crippen molar-refractivity contribution < 1.29 is 18.3 Å². The maximum absolute atomic E-state index is 14.4. The summed E-state index contributed by atoms with van der Waals surface area (Å²) in [7, 11) is 3.20. The van der Waals surface area contributed by atoms with Gasteiger partial charge >= 0.3 is 0 Å². The number of benzene rings is 2. The average molecular weight is 545 g/mol. The molecule has 1 atom stereocenters. The molecule has 0 radical (unpaired) electrons. The molecule has 8 heteroatoms. The van der Waals surface area contributed by atoms with Crippen LogP contribution in [0.2, 0.25) is 0 Å². The van der Waals surface area contributed by atoms with Gasteiger partial charge in [-0.3, -0.25) is 4.99 Å². The van der Waals surface area contributed by atoms with Crippen molar-refractivity contribution in [3.63, 3.8) is 0 Å². The molecule has 1 aliphatic carbocycles. The van der Waals surface area contributed by atoms with E-state index >= 15 is 0 Å². The van der Waals surface area contributed by atoms with Gasteiger partial charge in [0.1, 0.15) is 5.82 Å². The second-order valence-corrected chi connectivity index (χ2v) is 7.59. The van der Waals surface area contributed by atoms with Crippen LogP contribution in [0.4, 0.5) is 8.78 Å². The van der Waals surface area contributed by atoms with Gasteiger partial charge in [0.2, 0.25) is 0 Å². The lowest BCUT2D eigenvalue weighted by molar-refractivity contribution is 0.181. The predicted octanol–water partition coefficient (Wildman–Crippen LogP) is 4.94. The molecule has 0 spiro atoms. The number of methoxy groups -OCH3 is 1. The highest BCUT2D eigenvalue weighted by molar-refractivity contribution is 14.0. The molecule has 2 N–H and O–H groups in total. The van der Waals surface area contributed by atoms with Crippen molar-refractivity contribution in [2.75, 3.05) is 20.8 Å². The Morgan fingerprint density at radius 2 is 1.94 bits per heavy atom. The van der Waals surface area contributed by atoms with Gasteiger partial charge in [-0.2, -0.15) is 0 Å². The Bertz CT molecular complexity index is 891. The zero-order valence-corrected chi connectivity index (χ0v) is 20.4. The van der Waals surface area contributed by atoms with Crippen LogP contribution in [0.5, 0.6) is 5.75 Å². The second kappa shape index (κ2) is 12.2. The van der Waals surface area contributed by atoms with Gasteiger partial charge in [-0.05, 0) is 61.1 Å². The van der Waals surface area contributed by atoms with E-state index in [4.69, 9.17) is 9.47 Å². The molecule has 0 aliphatic heterocycles. The standard InChI is InChI=1S/C23H29F2N3O2.HI/c1-15(18-7-9-22(21(25)11-18)30-13-16-4-5-16)28-23(26-2)27-12-17-6-8-20(24)19(10-17)14-29-3;/h6-11,15-16H,4-5,12-14H2,1-3H3,(H2,26,27,28);1H. The molecule has 1 aliphatic rings. The van der Waals surface area contributed by atoms with E-state index in [0.717, 1.165) is 11.1 Å². The SMILES string of the molecule is CN=C(NCc1ccc(F)c(COC)c1)NC(C)c1ccc(OCC2CC2)c(F)c1.I. The van der Waals surface area contributed by atoms with Crippen LogP contribution in [0.15, 0.2) is 41.4 Å². The molecule has 170 valence electrons. The third-order valence-corrected chi connectivity index (χ3v) is 5.07. The quantitative estimate of drug-likeness (QED) is 0.266. The Hall–Kier alpha value is -1.94. The van der Waals surface area contributed by atoms with Gasteiger partial charge in [-0.15, -0.1) is 24.0 Å². The number of ether oxygens (including phenoxy) is 2. The Morgan fingerprint density at radius 1 is 1.16 bits per heavy atom. The van der Waals surface area contributed by atoms with E-state index in [1.807, 2.05) is 13.0 Å². The molecule has 0 aromatic heterocycles. The molecule has 31 heavy (non-hydrogen) atoms. The molecule has 3 rings (SSSR count). The molecular weight excluding hydrogens is 515 g/mol. The van der Waals surface area contributed by atoms with E-state index in [1.54, 1.807) is 25.2 Å².